The Kier molecular flexibility index (Phi) is 6.85. The van der Waals surface area contributed by atoms with E-state index in [1.807, 2.05) is 41.3 Å². The summed E-state index contributed by atoms with van der Waals surface area (Å²) in [5.41, 5.74) is 1.65. The van der Waals surface area contributed by atoms with Crippen LogP contribution in [0.3, 0.4) is 0 Å². The molecule has 2 heterocycles. The van der Waals surface area contributed by atoms with Gasteiger partial charge in [0.1, 0.15) is 5.75 Å². The zero-order valence-corrected chi connectivity index (χ0v) is 18.4. The molecule has 178 valence electrons. The molecule has 1 fully saturated rings. The standard InChI is InChI=1S/C24H23F3N4O3/c1-33-18-8-6-16(7-9-18)19-10-11-22(30-29-19)31-14-12-17(13-15-31)23(32)28-20-4-2-3-5-21(20)34-24(25,26)27/h2-11,17H,12-15H2,1H3,(H,28,32). The Bertz CT molecular complexity index is 1110. The number of carbonyl (C=O) groups is 1. The summed E-state index contributed by atoms with van der Waals surface area (Å²) >= 11 is 0. The van der Waals surface area contributed by atoms with E-state index in [1.165, 1.54) is 24.3 Å². The predicted octanol–water partition coefficient (Wildman–Crippen LogP) is 4.91. The second-order valence-corrected chi connectivity index (χ2v) is 7.80. The van der Waals surface area contributed by atoms with E-state index in [1.54, 1.807) is 7.11 Å². The van der Waals surface area contributed by atoms with Crippen LogP contribution in [-0.2, 0) is 4.79 Å². The minimum Gasteiger partial charge on any atom is -0.497 e. The normalized spacial score (nSPS) is 14.5. The summed E-state index contributed by atoms with van der Waals surface area (Å²) in [6.07, 6.45) is -3.76. The summed E-state index contributed by atoms with van der Waals surface area (Å²) < 4.78 is 47.0. The fourth-order valence-electron chi connectivity index (χ4n) is 3.80. The predicted molar refractivity (Wildman–Crippen MR) is 121 cm³/mol. The highest BCUT2D eigenvalue weighted by Gasteiger charge is 2.33. The van der Waals surface area contributed by atoms with Gasteiger partial charge in [-0.3, -0.25) is 4.79 Å². The molecule has 1 amide bonds. The maximum absolute atomic E-state index is 12.7. The number of para-hydroxylation sites is 2. The highest BCUT2D eigenvalue weighted by Crippen LogP contribution is 2.31. The average molecular weight is 472 g/mol. The van der Waals surface area contributed by atoms with Gasteiger partial charge in [-0.25, -0.2) is 0 Å². The Balaban J connectivity index is 1.34. The Morgan fingerprint density at radius 3 is 2.32 bits per heavy atom. The van der Waals surface area contributed by atoms with E-state index in [0.29, 0.717) is 31.7 Å². The molecule has 0 unspecified atom stereocenters. The molecule has 0 radical (unpaired) electrons. The van der Waals surface area contributed by atoms with E-state index in [2.05, 4.69) is 20.3 Å². The molecule has 0 saturated carbocycles. The van der Waals surface area contributed by atoms with Crippen LogP contribution in [0.1, 0.15) is 12.8 Å². The van der Waals surface area contributed by atoms with Gasteiger partial charge in [-0.2, -0.15) is 0 Å². The Morgan fingerprint density at radius 1 is 1.00 bits per heavy atom. The molecule has 2 aromatic carbocycles. The van der Waals surface area contributed by atoms with Crippen LogP contribution in [-0.4, -0.2) is 42.7 Å². The number of benzene rings is 2. The van der Waals surface area contributed by atoms with E-state index < -0.39 is 12.1 Å². The Hall–Kier alpha value is -3.82. The molecule has 0 spiro atoms. The topological polar surface area (TPSA) is 76.6 Å². The maximum Gasteiger partial charge on any atom is 0.573 e. The third kappa shape index (κ3) is 5.75. The Labute approximate surface area is 194 Å². The smallest absolute Gasteiger partial charge is 0.497 e. The van der Waals surface area contributed by atoms with Crippen molar-refractivity contribution >= 4 is 17.4 Å². The first kappa shape index (κ1) is 23.3. The molecule has 1 N–H and O–H groups in total. The van der Waals surface area contributed by atoms with Crippen LogP contribution < -0.4 is 19.7 Å². The second-order valence-electron chi connectivity index (χ2n) is 7.80. The molecular weight excluding hydrogens is 449 g/mol. The third-order valence-electron chi connectivity index (χ3n) is 5.60. The number of alkyl halides is 3. The average Bonchev–Trinajstić information content (AvgIpc) is 2.85. The SMILES string of the molecule is COc1ccc(-c2ccc(N3CCC(C(=O)Nc4ccccc4OC(F)(F)F)CC3)nn2)cc1. The maximum atomic E-state index is 12.7. The van der Waals surface area contributed by atoms with Crippen molar-refractivity contribution in [1.29, 1.82) is 0 Å². The van der Waals surface area contributed by atoms with Crippen LogP contribution in [0.4, 0.5) is 24.7 Å². The minimum atomic E-state index is -4.84. The van der Waals surface area contributed by atoms with Gasteiger partial charge < -0.3 is 19.7 Å². The van der Waals surface area contributed by atoms with Crippen LogP contribution in [0.15, 0.2) is 60.7 Å². The van der Waals surface area contributed by atoms with Gasteiger partial charge in [0.2, 0.25) is 5.91 Å². The van der Waals surface area contributed by atoms with E-state index >= 15 is 0 Å². The van der Waals surface area contributed by atoms with Crippen LogP contribution >= 0.6 is 0 Å². The van der Waals surface area contributed by atoms with E-state index in [9.17, 15) is 18.0 Å². The van der Waals surface area contributed by atoms with Gasteiger partial charge >= 0.3 is 6.36 Å². The quantitative estimate of drug-likeness (QED) is 0.550. The molecule has 1 aliphatic rings. The van der Waals surface area contributed by atoms with E-state index in [4.69, 9.17) is 4.74 Å². The van der Waals surface area contributed by atoms with Gasteiger partial charge in [-0.15, -0.1) is 23.4 Å². The number of methoxy groups -OCH3 is 1. The van der Waals surface area contributed by atoms with Gasteiger partial charge in [-0.1, -0.05) is 12.1 Å². The number of halogens is 3. The molecule has 4 rings (SSSR count). The van der Waals surface area contributed by atoms with Gasteiger partial charge in [0.25, 0.3) is 0 Å². The van der Waals surface area contributed by atoms with E-state index in [-0.39, 0.29) is 17.5 Å². The van der Waals surface area contributed by atoms with Gasteiger partial charge in [0.05, 0.1) is 18.5 Å². The van der Waals surface area contributed by atoms with Crippen molar-refractivity contribution in [2.75, 3.05) is 30.4 Å². The number of rotatable bonds is 6. The summed E-state index contributed by atoms with van der Waals surface area (Å²) in [6, 6.07) is 16.8. The summed E-state index contributed by atoms with van der Waals surface area (Å²) in [5, 5.41) is 11.2. The number of nitrogens with zero attached hydrogens (tertiary/aromatic N) is 3. The summed E-state index contributed by atoms with van der Waals surface area (Å²) in [7, 11) is 1.61. The first-order valence-corrected chi connectivity index (χ1v) is 10.7. The largest absolute Gasteiger partial charge is 0.573 e. The summed E-state index contributed by atoms with van der Waals surface area (Å²) in [6.45, 7) is 1.16. The molecule has 1 saturated heterocycles. The number of anilines is 2. The van der Waals surface area contributed by atoms with E-state index in [0.717, 1.165) is 17.0 Å². The molecule has 0 aliphatic carbocycles. The number of carbonyl (C=O) groups excluding carboxylic acids is 1. The van der Waals surface area contributed by atoms with Crippen molar-refractivity contribution in [3.05, 3.63) is 60.7 Å². The number of nitrogens with one attached hydrogen (secondary N) is 1. The Morgan fingerprint density at radius 2 is 1.71 bits per heavy atom. The number of hydrogen-bond acceptors (Lipinski definition) is 6. The summed E-state index contributed by atoms with van der Waals surface area (Å²) in [4.78, 5) is 14.7. The van der Waals surface area contributed by atoms with Gasteiger partial charge in [-0.05, 0) is 61.4 Å². The lowest BCUT2D eigenvalue weighted by Gasteiger charge is -2.32. The van der Waals surface area contributed by atoms with Crippen LogP contribution in [0.25, 0.3) is 11.3 Å². The fourth-order valence-corrected chi connectivity index (χ4v) is 3.80. The van der Waals surface area contributed by atoms with Crippen LogP contribution in [0, 0.1) is 5.92 Å². The summed E-state index contributed by atoms with van der Waals surface area (Å²) in [5.74, 6) is 0.366. The molecular formula is C24H23F3N4O3. The molecule has 1 aliphatic heterocycles. The first-order chi connectivity index (χ1) is 16.3. The van der Waals surface area contributed by atoms with Gasteiger partial charge in [0.15, 0.2) is 11.6 Å². The number of ether oxygens (including phenoxy) is 2. The van der Waals surface area contributed by atoms with Crippen molar-refractivity contribution in [2.24, 2.45) is 5.92 Å². The molecule has 10 heteroatoms. The minimum absolute atomic E-state index is 0.00718. The molecule has 0 atom stereocenters. The highest BCUT2D eigenvalue weighted by molar-refractivity contribution is 5.94. The zero-order chi connectivity index (χ0) is 24.1. The van der Waals surface area contributed by atoms with Crippen LogP contribution in [0.5, 0.6) is 11.5 Å². The lowest BCUT2D eigenvalue weighted by Crippen LogP contribution is -2.38. The van der Waals surface area contributed by atoms with Crippen molar-refractivity contribution in [2.45, 2.75) is 19.2 Å². The van der Waals surface area contributed by atoms with Crippen molar-refractivity contribution in [3.63, 3.8) is 0 Å². The highest BCUT2D eigenvalue weighted by atomic mass is 19.4. The number of amides is 1. The van der Waals surface area contributed by atoms with Crippen molar-refractivity contribution in [1.82, 2.24) is 10.2 Å². The number of hydrogen-bond donors (Lipinski definition) is 1. The molecule has 7 nitrogen and oxygen atoms in total. The van der Waals surface area contributed by atoms with Crippen molar-refractivity contribution in [3.8, 4) is 22.8 Å². The molecule has 34 heavy (non-hydrogen) atoms. The fraction of sp³-hybridized carbons (Fsp3) is 0.292. The monoisotopic (exact) mass is 472 g/mol. The van der Waals surface area contributed by atoms with Gasteiger partial charge in [0, 0.05) is 24.6 Å². The lowest BCUT2D eigenvalue weighted by molar-refractivity contribution is -0.274. The number of aromatic nitrogens is 2. The van der Waals surface area contributed by atoms with Crippen LogP contribution in [0.2, 0.25) is 0 Å². The number of piperidine rings is 1. The lowest BCUT2D eigenvalue weighted by atomic mass is 9.95. The second kappa shape index (κ2) is 9.98. The zero-order valence-electron chi connectivity index (χ0n) is 18.4. The first-order valence-electron chi connectivity index (χ1n) is 10.7. The molecule has 3 aromatic rings. The molecule has 0 bridgehead atoms. The molecule has 1 aromatic heterocycles. The third-order valence-corrected chi connectivity index (χ3v) is 5.60. The van der Waals surface area contributed by atoms with Crippen molar-refractivity contribution < 1.29 is 27.4 Å².